The lowest BCUT2D eigenvalue weighted by Gasteiger charge is -2.33. The smallest absolute Gasteiger partial charge is 0.335 e. The molecule has 0 spiro atoms. The van der Waals surface area contributed by atoms with E-state index < -0.39 is 11.9 Å². The highest BCUT2D eigenvalue weighted by Crippen LogP contribution is 2.41. The Morgan fingerprint density at radius 2 is 1.90 bits per heavy atom. The highest BCUT2D eigenvalue weighted by molar-refractivity contribution is 8.01. The Kier molecular flexibility index (Phi) is 7.54. The fraction of sp³-hybridized carbons (Fsp3) is 0.318. The molecule has 1 aliphatic rings. The number of carboxylic acids is 1. The Balaban J connectivity index is 1.67. The van der Waals surface area contributed by atoms with Gasteiger partial charge in [-0.25, -0.2) is 10.3 Å². The maximum absolute atomic E-state index is 13.0. The monoisotopic (exact) mass is 444 g/mol. The number of amides is 2. The van der Waals surface area contributed by atoms with Crippen molar-refractivity contribution in [2.75, 3.05) is 18.6 Å². The number of unbranched alkanes of at least 4 members (excludes halogenated alkanes) is 1. The van der Waals surface area contributed by atoms with Crippen molar-refractivity contribution in [1.82, 2.24) is 5.48 Å². The van der Waals surface area contributed by atoms with E-state index in [0.29, 0.717) is 12.1 Å². The summed E-state index contributed by atoms with van der Waals surface area (Å²) in [6.45, 7) is -0.381. The number of hydrogen-bond donors (Lipinski definition) is 3. The van der Waals surface area contributed by atoms with Crippen molar-refractivity contribution in [3.8, 4) is 5.75 Å². The molecule has 31 heavy (non-hydrogen) atoms. The molecule has 2 amide bonds. The van der Waals surface area contributed by atoms with Gasteiger partial charge in [-0.2, -0.15) is 0 Å². The first-order chi connectivity index (χ1) is 14.9. The highest BCUT2D eigenvalue weighted by atomic mass is 32.2. The lowest BCUT2D eigenvalue weighted by atomic mass is 10.0. The van der Waals surface area contributed by atoms with Gasteiger partial charge in [0.15, 0.2) is 0 Å². The number of aryl methyl sites for hydroxylation is 1. The van der Waals surface area contributed by atoms with E-state index in [4.69, 9.17) is 9.94 Å². The number of anilines is 1. The van der Waals surface area contributed by atoms with Crippen molar-refractivity contribution in [3.05, 3.63) is 53.6 Å². The van der Waals surface area contributed by atoms with Crippen molar-refractivity contribution < 1.29 is 29.4 Å². The normalized spacial score (nSPS) is 15.4. The summed E-state index contributed by atoms with van der Waals surface area (Å²) >= 11 is 1.38. The number of carbonyl (C=O) groups excluding carboxylic acids is 2. The number of carboxylic acid groups (broad SMARTS) is 1. The SMILES string of the molecule is COc1ccc(CCCCC2Sc3ccc(C(=O)O)cc3N(CC(=O)NO)C2=O)cc1. The Hall–Kier alpha value is -3.04. The van der Waals surface area contributed by atoms with Crippen LogP contribution in [0.5, 0.6) is 5.75 Å². The first-order valence-corrected chi connectivity index (χ1v) is 10.7. The highest BCUT2D eigenvalue weighted by Gasteiger charge is 2.34. The Bertz CT molecular complexity index is 963. The minimum Gasteiger partial charge on any atom is -0.497 e. The Labute approximate surface area is 184 Å². The molecule has 1 atom stereocenters. The molecule has 9 heteroatoms. The second kappa shape index (κ2) is 10.3. The van der Waals surface area contributed by atoms with Crippen molar-refractivity contribution in [2.45, 2.75) is 35.8 Å². The molecule has 3 N–H and O–H groups in total. The maximum atomic E-state index is 13.0. The summed E-state index contributed by atoms with van der Waals surface area (Å²) in [5.74, 6) is -1.32. The topological polar surface area (TPSA) is 116 Å². The molecule has 1 aliphatic heterocycles. The summed E-state index contributed by atoms with van der Waals surface area (Å²) in [6.07, 6.45) is 3.22. The van der Waals surface area contributed by atoms with E-state index >= 15 is 0 Å². The van der Waals surface area contributed by atoms with Crippen LogP contribution in [0.25, 0.3) is 0 Å². The van der Waals surface area contributed by atoms with Gasteiger partial charge in [0.1, 0.15) is 12.3 Å². The number of thioether (sulfide) groups is 1. The second-order valence-corrected chi connectivity index (χ2v) is 8.39. The third kappa shape index (κ3) is 5.56. The fourth-order valence-corrected chi connectivity index (χ4v) is 4.69. The van der Waals surface area contributed by atoms with Crippen LogP contribution in [-0.2, 0) is 16.0 Å². The van der Waals surface area contributed by atoms with Gasteiger partial charge in [0.25, 0.3) is 5.91 Å². The summed E-state index contributed by atoms with van der Waals surface area (Å²) in [6, 6.07) is 12.4. The zero-order valence-electron chi connectivity index (χ0n) is 17.0. The van der Waals surface area contributed by atoms with Gasteiger partial charge in [-0.05, 0) is 55.2 Å². The number of rotatable bonds is 9. The molecule has 0 radical (unpaired) electrons. The minimum atomic E-state index is -1.12. The summed E-state index contributed by atoms with van der Waals surface area (Å²) in [4.78, 5) is 38.1. The number of fused-ring (bicyclic) bond motifs is 1. The van der Waals surface area contributed by atoms with Crippen LogP contribution in [0.4, 0.5) is 5.69 Å². The van der Waals surface area contributed by atoms with Crippen LogP contribution in [0, 0.1) is 0 Å². The third-order valence-electron chi connectivity index (χ3n) is 5.07. The third-order valence-corrected chi connectivity index (χ3v) is 6.40. The molecule has 0 fully saturated rings. The average Bonchev–Trinajstić information content (AvgIpc) is 2.78. The van der Waals surface area contributed by atoms with Crippen LogP contribution in [0.2, 0.25) is 0 Å². The molecule has 0 saturated heterocycles. The number of benzene rings is 2. The molecule has 1 unspecified atom stereocenters. The van der Waals surface area contributed by atoms with Crippen LogP contribution in [0.15, 0.2) is 47.4 Å². The summed E-state index contributed by atoms with van der Waals surface area (Å²) < 4.78 is 5.16. The van der Waals surface area contributed by atoms with Crippen molar-refractivity contribution in [3.63, 3.8) is 0 Å². The second-order valence-electron chi connectivity index (χ2n) is 7.15. The molecule has 0 aliphatic carbocycles. The summed E-state index contributed by atoms with van der Waals surface area (Å²) in [5.41, 5.74) is 3.12. The van der Waals surface area contributed by atoms with E-state index in [-0.39, 0.29) is 23.3 Å². The molecule has 8 nitrogen and oxygen atoms in total. The van der Waals surface area contributed by atoms with Crippen LogP contribution >= 0.6 is 11.8 Å². The lowest BCUT2D eigenvalue weighted by Crippen LogP contribution is -2.46. The van der Waals surface area contributed by atoms with Gasteiger partial charge >= 0.3 is 5.97 Å². The van der Waals surface area contributed by atoms with E-state index in [1.807, 2.05) is 24.3 Å². The fourth-order valence-electron chi connectivity index (χ4n) is 3.43. The predicted molar refractivity (Wildman–Crippen MR) is 116 cm³/mol. The molecule has 0 aromatic heterocycles. The number of aromatic carboxylic acids is 1. The molecular weight excluding hydrogens is 420 g/mol. The van der Waals surface area contributed by atoms with Crippen molar-refractivity contribution in [2.24, 2.45) is 0 Å². The largest absolute Gasteiger partial charge is 0.497 e. The molecule has 0 saturated carbocycles. The molecule has 164 valence electrons. The molecule has 3 rings (SSSR count). The standard InChI is InChI=1S/C22H24N2O6S/c1-30-16-9-6-14(7-10-16)4-2-3-5-19-21(26)24(13-20(25)23-29)17-12-15(22(27)28)8-11-18(17)31-19/h6-12,19,29H,2-5,13H2,1H3,(H,23,25)(H,27,28). The number of nitrogens with zero attached hydrogens (tertiary/aromatic N) is 1. The lowest BCUT2D eigenvalue weighted by molar-refractivity contribution is -0.129. The van der Waals surface area contributed by atoms with Crippen molar-refractivity contribution in [1.29, 1.82) is 0 Å². The molecule has 2 aromatic carbocycles. The van der Waals surface area contributed by atoms with Gasteiger partial charge in [0, 0.05) is 4.90 Å². The van der Waals surface area contributed by atoms with Crippen LogP contribution in [0.3, 0.4) is 0 Å². The number of carbonyl (C=O) groups is 3. The first-order valence-electron chi connectivity index (χ1n) is 9.84. The van der Waals surface area contributed by atoms with Gasteiger partial charge in [-0.15, -0.1) is 11.8 Å². The maximum Gasteiger partial charge on any atom is 0.335 e. The van der Waals surface area contributed by atoms with E-state index in [9.17, 15) is 19.5 Å². The molecule has 2 aromatic rings. The van der Waals surface area contributed by atoms with Gasteiger partial charge in [0.05, 0.1) is 23.6 Å². The summed E-state index contributed by atoms with van der Waals surface area (Å²) in [5, 5.41) is 17.7. The van der Waals surface area contributed by atoms with E-state index in [0.717, 1.165) is 29.9 Å². The molecule has 0 bridgehead atoms. The predicted octanol–water partition coefficient (Wildman–Crippen LogP) is 3.12. The van der Waals surface area contributed by atoms with E-state index in [1.54, 1.807) is 13.2 Å². The van der Waals surface area contributed by atoms with Gasteiger partial charge in [-0.1, -0.05) is 18.6 Å². The van der Waals surface area contributed by atoms with Crippen LogP contribution < -0.4 is 15.1 Å². The van der Waals surface area contributed by atoms with Gasteiger partial charge < -0.3 is 14.7 Å². The van der Waals surface area contributed by atoms with E-state index in [2.05, 4.69) is 0 Å². The zero-order chi connectivity index (χ0) is 22.4. The minimum absolute atomic E-state index is 0.0273. The Morgan fingerprint density at radius 3 is 2.55 bits per heavy atom. The number of hydroxylamine groups is 1. The number of hydrogen-bond acceptors (Lipinski definition) is 6. The zero-order valence-corrected chi connectivity index (χ0v) is 17.9. The van der Waals surface area contributed by atoms with Crippen LogP contribution in [0.1, 0.15) is 35.2 Å². The average molecular weight is 445 g/mol. The number of ether oxygens (including phenoxy) is 1. The van der Waals surface area contributed by atoms with Gasteiger partial charge in [0.2, 0.25) is 5.91 Å². The van der Waals surface area contributed by atoms with E-state index in [1.165, 1.54) is 39.8 Å². The quantitative estimate of drug-likeness (QED) is 0.309. The summed E-state index contributed by atoms with van der Waals surface area (Å²) in [7, 11) is 1.63. The molecule has 1 heterocycles. The van der Waals surface area contributed by atoms with Crippen molar-refractivity contribution >= 4 is 35.2 Å². The molecular formula is C22H24N2O6S. The Morgan fingerprint density at radius 1 is 1.16 bits per heavy atom. The number of methoxy groups -OCH3 is 1. The number of nitrogens with one attached hydrogen (secondary N) is 1. The van der Waals surface area contributed by atoms with Crippen LogP contribution in [-0.4, -0.2) is 47.0 Å². The first kappa shape index (κ1) is 22.6. The van der Waals surface area contributed by atoms with Gasteiger partial charge in [-0.3, -0.25) is 14.8 Å².